The van der Waals surface area contributed by atoms with E-state index in [1.165, 1.54) is 22.3 Å². The number of hydrogen-bond acceptors (Lipinski definition) is 4. The zero-order chi connectivity index (χ0) is 23.3. The van der Waals surface area contributed by atoms with E-state index in [-0.39, 0.29) is 24.2 Å². The van der Waals surface area contributed by atoms with Gasteiger partial charge in [0.15, 0.2) is 11.5 Å². The van der Waals surface area contributed by atoms with E-state index < -0.39 is 0 Å². The van der Waals surface area contributed by atoms with Crippen molar-refractivity contribution in [1.29, 1.82) is 0 Å². The number of rotatable bonds is 8. The largest absolute Gasteiger partial charge is 0.493 e. The summed E-state index contributed by atoms with van der Waals surface area (Å²) in [6, 6.07) is 12.8. The lowest BCUT2D eigenvalue weighted by atomic mass is 9.86. The average Bonchev–Trinajstić information content (AvgIpc) is 2.77. The third kappa shape index (κ3) is 5.54. The fourth-order valence-corrected chi connectivity index (χ4v) is 4.48. The van der Waals surface area contributed by atoms with E-state index in [2.05, 4.69) is 65.8 Å². The topological polar surface area (TPSA) is 62.8 Å². The zero-order valence-electron chi connectivity index (χ0n) is 20.2. The van der Waals surface area contributed by atoms with Gasteiger partial charge in [-0.05, 0) is 62.4 Å². The van der Waals surface area contributed by atoms with Gasteiger partial charge in [0, 0.05) is 19.1 Å². The number of fused-ring (bicyclic) bond motifs is 1. The summed E-state index contributed by atoms with van der Waals surface area (Å²) in [5.74, 6) is 1.46. The highest BCUT2D eigenvalue weighted by Gasteiger charge is 2.35. The van der Waals surface area contributed by atoms with Gasteiger partial charge in [-0.1, -0.05) is 36.8 Å². The molecule has 2 aromatic carbocycles. The Balaban J connectivity index is 1.99. The van der Waals surface area contributed by atoms with Crippen molar-refractivity contribution in [2.75, 3.05) is 20.8 Å². The summed E-state index contributed by atoms with van der Waals surface area (Å²) >= 11 is 0. The molecule has 3 rings (SSSR count). The van der Waals surface area contributed by atoms with E-state index in [1.54, 1.807) is 14.2 Å². The molecule has 0 radical (unpaired) electrons. The van der Waals surface area contributed by atoms with Crippen molar-refractivity contribution in [3.05, 3.63) is 58.7 Å². The predicted molar refractivity (Wildman–Crippen MR) is 128 cm³/mol. The SMILES string of the molecule is CCC(NC(=O)NC(C)C)C1c2cc(OC)c(OC)cc2CCN1Cc1ccc(C)cc1. The van der Waals surface area contributed by atoms with Crippen LogP contribution < -0.4 is 20.1 Å². The molecule has 0 aliphatic carbocycles. The standard InChI is InChI=1S/C26H37N3O3/c1-7-22(28-26(30)27-17(2)3)25-21-15-24(32-6)23(31-5)14-20(21)12-13-29(25)16-19-10-8-18(4)9-11-19/h8-11,14-15,17,22,25H,7,12-13,16H2,1-6H3,(H2,27,28,30). The van der Waals surface area contributed by atoms with Gasteiger partial charge in [-0.2, -0.15) is 0 Å². The Bertz CT molecular complexity index is 911. The van der Waals surface area contributed by atoms with Gasteiger partial charge in [0.2, 0.25) is 0 Å². The average molecular weight is 440 g/mol. The number of nitrogens with zero attached hydrogens (tertiary/aromatic N) is 1. The highest BCUT2D eigenvalue weighted by atomic mass is 16.5. The van der Waals surface area contributed by atoms with Crippen LogP contribution in [0, 0.1) is 6.92 Å². The number of benzene rings is 2. The van der Waals surface area contributed by atoms with Gasteiger partial charge in [0.05, 0.1) is 26.3 Å². The molecule has 0 fully saturated rings. The Morgan fingerprint density at radius 1 is 1.09 bits per heavy atom. The fraction of sp³-hybridized carbons (Fsp3) is 0.500. The van der Waals surface area contributed by atoms with Crippen LogP contribution in [0.15, 0.2) is 36.4 Å². The molecule has 2 unspecified atom stereocenters. The van der Waals surface area contributed by atoms with Gasteiger partial charge in [-0.3, -0.25) is 4.90 Å². The quantitative estimate of drug-likeness (QED) is 0.631. The maximum atomic E-state index is 12.6. The lowest BCUT2D eigenvalue weighted by Gasteiger charge is -2.42. The number of aryl methyl sites for hydroxylation is 1. The van der Waals surface area contributed by atoms with Crippen LogP contribution in [-0.2, 0) is 13.0 Å². The monoisotopic (exact) mass is 439 g/mol. The summed E-state index contributed by atoms with van der Waals surface area (Å²) in [6.07, 6.45) is 1.74. The van der Waals surface area contributed by atoms with Gasteiger partial charge in [0.25, 0.3) is 0 Å². The van der Waals surface area contributed by atoms with Crippen LogP contribution in [0.4, 0.5) is 4.79 Å². The van der Waals surface area contributed by atoms with Gasteiger partial charge < -0.3 is 20.1 Å². The Kier molecular flexibility index (Phi) is 8.02. The summed E-state index contributed by atoms with van der Waals surface area (Å²) < 4.78 is 11.2. The van der Waals surface area contributed by atoms with Crippen LogP contribution in [0.1, 0.15) is 55.5 Å². The summed E-state index contributed by atoms with van der Waals surface area (Å²) in [5.41, 5.74) is 4.96. The smallest absolute Gasteiger partial charge is 0.315 e. The number of ether oxygens (including phenoxy) is 2. The molecule has 0 spiro atoms. The van der Waals surface area contributed by atoms with Gasteiger partial charge in [-0.25, -0.2) is 4.79 Å². The number of carbonyl (C=O) groups is 1. The first-order valence-corrected chi connectivity index (χ1v) is 11.5. The summed E-state index contributed by atoms with van der Waals surface area (Å²) in [7, 11) is 3.33. The van der Waals surface area contributed by atoms with Crippen LogP contribution in [0.2, 0.25) is 0 Å². The minimum absolute atomic E-state index is 0.0303. The van der Waals surface area contributed by atoms with E-state index in [1.807, 2.05) is 13.8 Å². The minimum atomic E-state index is -0.130. The Labute approximate surface area is 192 Å². The molecule has 1 aliphatic heterocycles. The second kappa shape index (κ2) is 10.7. The molecule has 0 saturated carbocycles. The van der Waals surface area contributed by atoms with Crippen LogP contribution in [0.3, 0.4) is 0 Å². The van der Waals surface area contributed by atoms with E-state index in [9.17, 15) is 4.79 Å². The van der Waals surface area contributed by atoms with Crippen LogP contribution in [0.5, 0.6) is 11.5 Å². The zero-order valence-corrected chi connectivity index (χ0v) is 20.2. The van der Waals surface area contributed by atoms with Crippen molar-refractivity contribution in [1.82, 2.24) is 15.5 Å². The highest BCUT2D eigenvalue weighted by Crippen LogP contribution is 2.40. The molecule has 0 aromatic heterocycles. The van der Waals surface area contributed by atoms with Crippen LogP contribution >= 0.6 is 0 Å². The molecule has 2 atom stereocenters. The third-order valence-corrected chi connectivity index (χ3v) is 6.09. The molecular formula is C26H37N3O3. The lowest BCUT2D eigenvalue weighted by molar-refractivity contribution is 0.135. The highest BCUT2D eigenvalue weighted by molar-refractivity contribution is 5.74. The van der Waals surface area contributed by atoms with Gasteiger partial charge in [0.1, 0.15) is 0 Å². The number of carbonyl (C=O) groups excluding carboxylic acids is 1. The predicted octanol–water partition coefficient (Wildman–Crippen LogP) is 4.60. The fourth-order valence-electron chi connectivity index (χ4n) is 4.48. The van der Waals surface area contributed by atoms with E-state index in [0.717, 1.165) is 37.4 Å². The molecular weight excluding hydrogens is 402 g/mol. The number of methoxy groups -OCH3 is 2. The van der Waals surface area contributed by atoms with Crippen LogP contribution in [-0.4, -0.2) is 43.8 Å². The number of nitrogens with one attached hydrogen (secondary N) is 2. The summed E-state index contributed by atoms with van der Waals surface area (Å²) in [5, 5.41) is 6.20. The van der Waals surface area contributed by atoms with Crippen molar-refractivity contribution >= 4 is 6.03 Å². The molecule has 32 heavy (non-hydrogen) atoms. The van der Waals surface area contributed by atoms with E-state index in [4.69, 9.17) is 9.47 Å². The van der Waals surface area contributed by atoms with Gasteiger partial charge in [-0.15, -0.1) is 0 Å². The van der Waals surface area contributed by atoms with Crippen LogP contribution in [0.25, 0.3) is 0 Å². The Morgan fingerprint density at radius 3 is 2.34 bits per heavy atom. The molecule has 6 nitrogen and oxygen atoms in total. The second-order valence-electron chi connectivity index (χ2n) is 8.84. The van der Waals surface area contributed by atoms with Crippen molar-refractivity contribution in [3.63, 3.8) is 0 Å². The molecule has 2 amide bonds. The number of hydrogen-bond donors (Lipinski definition) is 2. The lowest BCUT2D eigenvalue weighted by Crippen LogP contribution is -2.51. The molecule has 1 aliphatic rings. The third-order valence-electron chi connectivity index (χ3n) is 6.09. The molecule has 1 heterocycles. The summed E-state index contributed by atoms with van der Waals surface area (Å²) in [6.45, 7) is 9.90. The first kappa shape index (κ1) is 23.9. The second-order valence-corrected chi connectivity index (χ2v) is 8.84. The maximum Gasteiger partial charge on any atom is 0.315 e. The van der Waals surface area contributed by atoms with Crippen molar-refractivity contribution in [2.24, 2.45) is 0 Å². The maximum absolute atomic E-state index is 12.6. The number of urea groups is 1. The molecule has 2 N–H and O–H groups in total. The Morgan fingerprint density at radius 2 is 1.75 bits per heavy atom. The van der Waals surface area contributed by atoms with E-state index >= 15 is 0 Å². The molecule has 0 bridgehead atoms. The van der Waals surface area contributed by atoms with E-state index in [0.29, 0.717) is 0 Å². The van der Waals surface area contributed by atoms with Crippen molar-refractivity contribution in [2.45, 2.75) is 65.2 Å². The first-order valence-electron chi connectivity index (χ1n) is 11.5. The molecule has 0 saturated heterocycles. The first-order chi connectivity index (χ1) is 15.4. The molecule has 2 aromatic rings. The Hall–Kier alpha value is -2.73. The van der Waals surface area contributed by atoms with Crippen molar-refractivity contribution < 1.29 is 14.3 Å². The minimum Gasteiger partial charge on any atom is -0.493 e. The number of amides is 2. The molecule has 6 heteroatoms. The molecule has 174 valence electrons. The normalized spacial score (nSPS) is 16.9. The van der Waals surface area contributed by atoms with Gasteiger partial charge >= 0.3 is 6.03 Å². The summed E-state index contributed by atoms with van der Waals surface area (Å²) in [4.78, 5) is 15.1. The van der Waals surface area contributed by atoms with Crippen molar-refractivity contribution in [3.8, 4) is 11.5 Å².